The fraction of sp³-hybridized carbons (Fsp3) is 0.440. The fourth-order valence-corrected chi connectivity index (χ4v) is 4.23. The number of rotatable bonds is 7. The number of aromatic nitrogens is 3. The lowest BCUT2D eigenvalue weighted by Crippen LogP contribution is -2.44. The molecule has 0 radical (unpaired) electrons. The van der Waals surface area contributed by atoms with Crippen LogP contribution in [0.2, 0.25) is 0 Å². The summed E-state index contributed by atoms with van der Waals surface area (Å²) in [6.45, 7) is 6.20. The standard InChI is InChI=1S/C25H32N6O3/c1-15(2)13-27-24(32)17-6-5-11-31(14-17)23-22-19(29-25(26)30-23)9-8-18(28-22)16-7-10-20(33-3)21(12-16)34-4/h7-10,12,15,17H,5-6,11,13-14H2,1-4H3,(H,27,32)(H2,26,29,30). The van der Waals surface area contributed by atoms with E-state index < -0.39 is 0 Å². The van der Waals surface area contributed by atoms with Crippen LogP contribution in [0.15, 0.2) is 30.3 Å². The summed E-state index contributed by atoms with van der Waals surface area (Å²) in [4.78, 5) is 28.7. The maximum Gasteiger partial charge on any atom is 0.224 e. The van der Waals surface area contributed by atoms with Gasteiger partial charge in [-0.3, -0.25) is 4.79 Å². The molecule has 180 valence electrons. The smallest absolute Gasteiger partial charge is 0.224 e. The zero-order valence-corrected chi connectivity index (χ0v) is 20.2. The van der Waals surface area contributed by atoms with Crippen molar-refractivity contribution in [3.05, 3.63) is 30.3 Å². The fourth-order valence-electron chi connectivity index (χ4n) is 4.23. The zero-order valence-electron chi connectivity index (χ0n) is 20.2. The van der Waals surface area contributed by atoms with Gasteiger partial charge in [-0.2, -0.15) is 4.98 Å². The topological polar surface area (TPSA) is 115 Å². The minimum atomic E-state index is -0.104. The molecule has 1 aliphatic heterocycles. The number of methoxy groups -OCH3 is 2. The minimum Gasteiger partial charge on any atom is -0.493 e. The average molecular weight is 465 g/mol. The summed E-state index contributed by atoms with van der Waals surface area (Å²) in [6, 6.07) is 9.47. The summed E-state index contributed by atoms with van der Waals surface area (Å²) < 4.78 is 10.8. The number of nitrogen functional groups attached to an aromatic ring is 1. The first kappa shape index (κ1) is 23.5. The number of nitrogens with zero attached hydrogens (tertiary/aromatic N) is 4. The highest BCUT2D eigenvalue weighted by atomic mass is 16.5. The number of hydrogen-bond donors (Lipinski definition) is 2. The van der Waals surface area contributed by atoms with Crippen LogP contribution in [0.5, 0.6) is 11.5 Å². The van der Waals surface area contributed by atoms with Crippen molar-refractivity contribution >= 4 is 28.7 Å². The molecule has 3 aromatic rings. The number of benzene rings is 1. The predicted molar refractivity (Wildman–Crippen MR) is 133 cm³/mol. The van der Waals surface area contributed by atoms with Gasteiger partial charge in [0.25, 0.3) is 0 Å². The average Bonchev–Trinajstić information content (AvgIpc) is 2.86. The molecular formula is C25H32N6O3. The summed E-state index contributed by atoms with van der Waals surface area (Å²) in [7, 11) is 3.21. The van der Waals surface area contributed by atoms with Crippen LogP contribution in [-0.4, -0.2) is 54.7 Å². The Morgan fingerprint density at radius 2 is 1.94 bits per heavy atom. The van der Waals surface area contributed by atoms with Crippen molar-refractivity contribution in [3.63, 3.8) is 0 Å². The minimum absolute atomic E-state index is 0.0868. The molecule has 3 heterocycles. The van der Waals surface area contributed by atoms with Gasteiger partial charge in [-0.15, -0.1) is 0 Å². The zero-order chi connectivity index (χ0) is 24.2. The highest BCUT2D eigenvalue weighted by Gasteiger charge is 2.28. The van der Waals surface area contributed by atoms with E-state index in [4.69, 9.17) is 20.2 Å². The Labute approximate surface area is 199 Å². The molecule has 0 saturated carbocycles. The number of carbonyl (C=O) groups excluding carboxylic acids is 1. The molecule has 1 saturated heterocycles. The Kier molecular flexibility index (Phi) is 7.00. The van der Waals surface area contributed by atoms with E-state index in [1.54, 1.807) is 14.2 Å². The Bertz CT molecular complexity index is 1180. The van der Waals surface area contributed by atoms with Crippen molar-refractivity contribution in [2.24, 2.45) is 11.8 Å². The molecule has 34 heavy (non-hydrogen) atoms. The van der Waals surface area contributed by atoms with Crippen LogP contribution in [-0.2, 0) is 4.79 Å². The highest BCUT2D eigenvalue weighted by molar-refractivity contribution is 5.89. The molecule has 1 fully saturated rings. The molecule has 1 unspecified atom stereocenters. The van der Waals surface area contributed by atoms with Gasteiger partial charge < -0.3 is 25.4 Å². The largest absolute Gasteiger partial charge is 0.493 e. The first-order valence-corrected chi connectivity index (χ1v) is 11.6. The second-order valence-corrected chi connectivity index (χ2v) is 8.96. The van der Waals surface area contributed by atoms with Crippen LogP contribution in [0, 0.1) is 11.8 Å². The molecular weight excluding hydrogens is 432 g/mol. The second kappa shape index (κ2) is 10.1. The summed E-state index contributed by atoms with van der Waals surface area (Å²) in [6.07, 6.45) is 1.74. The molecule has 0 bridgehead atoms. The molecule has 9 nitrogen and oxygen atoms in total. The molecule has 0 aliphatic carbocycles. The van der Waals surface area contributed by atoms with Crippen LogP contribution in [0.3, 0.4) is 0 Å². The predicted octanol–water partition coefficient (Wildman–Crippen LogP) is 3.28. The van der Waals surface area contributed by atoms with Gasteiger partial charge in [0.2, 0.25) is 11.9 Å². The number of nitrogens with two attached hydrogens (primary N) is 1. The maximum atomic E-state index is 12.7. The van der Waals surface area contributed by atoms with E-state index in [0.717, 1.165) is 30.6 Å². The monoisotopic (exact) mass is 464 g/mol. The Hall–Kier alpha value is -3.62. The maximum absolute atomic E-state index is 12.7. The van der Waals surface area contributed by atoms with Gasteiger partial charge in [-0.1, -0.05) is 13.8 Å². The van der Waals surface area contributed by atoms with E-state index in [1.165, 1.54) is 0 Å². The first-order chi connectivity index (χ1) is 16.4. The van der Waals surface area contributed by atoms with Crippen LogP contribution >= 0.6 is 0 Å². The Morgan fingerprint density at radius 3 is 2.68 bits per heavy atom. The summed E-state index contributed by atoms with van der Waals surface area (Å²) in [5, 5.41) is 3.06. The van der Waals surface area contributed by atoms with E-state index in [2.05, 4.69) is 34.0 Å². The molecule has 0 spiro atoms. The number of amides is 1. The lowest BCUT2D eigenvalue weighted by atomic mass is 9.96. The Balaban J connectivity index is 1.68. The molecule has 1 aliphatic rings. The van der Waals surface area contributed by atoms with Crippen molar-refractivity contribution in [1.29, 1.82) is 0 Å². The quantitative estimate of drug-likeness (QED) is 0.547. The van der Waals surface area contributed by atoms with E-state index in [0.29, 0.717) is 47.4 Å². The summed E-state index contributed by atoms with van der Waals surface area (Å²) in [5.74, 6) is 2.52. The lowest BCUT2D eigenvalue weighted by Gasteiger charge is -2.33. The van der Waals surface area contributed by atoms with Crippen molar-refractivity contribution in [2.45, 2.75) is 26.7 Å². The van der Waals surface area contributed by atoms with E-state index in [9.17, 15) is 4.79 Å². The molecule has 4 rings (SSSR count). The number of fused-ring (bicyclic) bond motifs is 1. The Morgan fingerprint density at radius 1 is 1.15 bits per heavy atom. The van der Waals surface area contributed by atoms with E-state index >= 15 is 0 Å². The van der Waals surface area contributed by atoms with Crippen molar-refractivity contribution < 1.29 is 14.3 Å². The number of piperidine rings is 1. The van der Waals surface area contributed by atoms with Crippen molar-refractivity contribution in [3.8, 4) is 22.8 Å². The van der Waals surface area contributed by atoms with Gasteiger partial charge in [-0.25, -0.2) is 9.97 Å². The van der Waals surface area contributed by atoms with Gasteiger partial charge in [0.15, 0.2) is 17.3 Å². The molecule has 1 amide bonds. The summed E-state index contributed by atoms with van der Waals surface area (Å²) >= 11 is 0. The van der Waals surface area contributed by atoms with Gasteiger partial charge in [0.1, 0.15) is 5.52 Å². The van der Waals surface area contributed by atoms with Gasteiger partial charge >= 0.3 is 0 Å². The van der Waals surface area contributed by atoms with Crippen LogP contribution < -0.4 is 25.4 Å². The van der Waals surface area contributed by atoms with Gasteiger partial charge in [-0.05, 0) is 49.1 Å². The number of nitrogens with one attached hydrogen (secondary N) is 1. The third kappa shape index (κ3) is 4.98. The second-order valence-electron chi connectivity index (χ2n) is 8.96. The van der Waals surface area contributed by atoms with Gasteiger partial charge in [0, 0.05) is 25.2 Å². The number of ether oxygens (including phenoxy) is 2. The number of pyridine rings is 1. The van der Waals surface area contributed by atoms with Crippen molar-refractivity contribution in [1.82, 2.24) is 20.3 Å². The number of hydrogen-bond acceptors (Lipinski definition) is 8. The lowest BCUT2D eigenvalue weighted by molar-refractivity contribution is -0.125. The summed E-state index contributed by atoms with van der Waals surface area (Å²) in [5.41, 5.74) is 9.00. The third-order valence-electron chi connectivity index (χ3n) is 6.00. The van der Waals surface area contributed by atoms with Crippen LogP contribution in [0.1, 0.15) is 26.7 Å². The van der Waals surface area contributed by atoms with Crippen molar-refractivity contribution in [2.75, 3.05) is 44.5 Å². The normalized spacial score (nSPS) is 16.0. The highest BCUT2D eigenvalue weighted by Crippen LogP contribution is 2.34. The SMILES string of the molecule is COc1ccc(-c2ccc3nc(N)nc(N4CCCC(C(=O)NCC(C)C)C4)c3n2)cc1OC. The molecule has 2 aromatic heterocycles. The van der Waals surface area contributed by atoms with E-state index in [-0.39, 0.29) is 17.8 Å². The molecule has 1 atom stereocenters. The van der Waals surface area contributed by atoms with Crippen LogP contribution in [0.4, 0.5) is 11.8 Å². The molecule has 9 heteroatoms. The van der Waals surface area contributed by atoms with Crippen LogP contribution in [0.25, 0.3) is 22.3 Å². The third-order valence-corrected chi connectivity index (χ3v) is 6.00. The molecule has 1 aromatic carbocycles. The van der Waals surface area contributed by atoms with Gasteiger partial charge in [0.05, 0.1) is 31.3 Å². The number of carbonyl (C=O) groups is 1. The number of anilines is 2. The first-order valence-electron chi connectivity index (χ1n) is 11.6. The molecule has 3 N–H and O–H groups in total. The van der Waals surface area contributed by atoms with E-state index in [1.807, 2.05) is 30.3 Å².